The molecule has 0 unspecified atom stereocenters. The van der Waals surface area contributed by atoms with E-state index in [1.807, 2.05) is 0 Å². The van der Waals surface area contributed by atoms with Crippen molar-refractivity contribution in [2.45, 2.75) is 63.3 Å². The Morgan fingerprint density at radius 2 is 1.36 bits per heavy atom. The van der Waals surface area contributed by atoms with Crippen LogP contribution in [0.5, 0.6) is 0 Å². The number of carboxylic acid groups (broad SMARTS) is 1. The summed E-state index contributed by atoms with van der Waals surface area (Å²) in [6.07, 6.45) is -0.597. The van der Waals surface area contributed by atoms with E-state index in [2.05, 4.69) is 36.9 Å². The zero-order chi connectivity index (χ0) is 29.7. The Labute approximate surface area is 223 Å². The van der Waals surface area contributed by atoms with E-state index in [-0.39, 0.29) is 25.3 Å². The van der Waals surface area contributed by atoms with Crippen molar-refractivity contribution in [2.75, 3.05) is 19.7 Å². The summed E-state index contributed by atoms with van der Waals surface area (Å²) < 4.78 is 0. The molecule has 1 aliphatic rings. The third kappa shape index (κ3) is 11.6. The molecule has 218 valence electrons. The van der Waals surface area contributed by atoms with Gasteiger partial charge < -0.3 is 53.6 Å². The van der Waals surface area contributed by atoms with Gasteiger partial charge in [0.05, 0.1) is 19.6 Å². The van der Waals surface area contributed by atoms with Crippen molar-refractivity contribution < 1.29 is 43.8 Å². The van der Waals surface area contributed by atoms with Gasteiger partial charge in [0.15, 0.2) is 5.96 Å². The fourth-order valence-electron chi connectivity index (χ4n) is 3.24. The lowest BCUT2D eigenvalue weighted by Crippen LogP contribution is -2.60. The highest BCUT2D eigenvalue weighted by atomic mass is 16.4. The van der Waals surface area contributed by atoms with Crippen LogP contribution in [0.4, 0.5) is 0 Å². The number of aliphatic hydroxyl groups excluding tert-OH is 1. The molecule has 0 aromatic rings. The van der Waals surface area contributed by atoms with E-state index in [0.717, 1.165) is 0 Å². The first-order valence-corrected chi connectivity index (χ1v) is 11.9. The zero-order valence-corrected chi connectivity index (χ0v) is 21.5. The zero-order valence-electron chi connectivity index (χ0n) is 21.5. The Morgan fingerprint density at radius 3 is 1.92 bits per heavy atom. The van der Waals surface area contributed by atoms with Crippen LogP contribution in [-0.4, -0.2) is 107 Å². The van der Waals surface area contributed by atoms with E-state index in [1.165, 1.54) is 13.8 Å². The van der Waals surface area contributed by atoms with Crippen LogP contribution < -0.4 is 43.4 Å². The van der Waals surface area contributed by atoms with Crippen molar-refractivity contribution in [3.05, 3.63) is 0 Å². The number of nitrogens with one attached hydrogen (secondary N) is 6. The van der Waals surface area contributed by atoms with Crippen LogP contribution in [0.15, 0.2) is 4.99 Å². The summed E-state index contributed by atoms with van der Waals surface area (Å²) in [6, 6.07) is -6.84. The van der Waals surface area contributed by atoms with Crippen molar-refractivity contribution in [3.8, 4) is 0 Å². The first kappa shape index (κ1) is 32.5. The average Bonchev–Trinajstić information content (AvgIpc) is 2.85. The van der Waals surface area contributed by atoms with Crippen molar-refractivity contribution in [3.63, 3.8) is 0 Å². The highest BCUT2D eigenvalue weighted by Gasteiger charge is 2.31. The molecule has 0 saturated carbocycles. The highest BCUT2D eigenvalue weighted by Crippen LogP contribution is 2.01. The first-order valence-electron chi connectivity index (χ1n) is 11.9. The third-order valence-electron chi connectivity index (χ3n) is 5.35. The monoisotopic (exact) mass is 557 g/mol. The number of carbonyl (C=O) groups is 7. The summed E-state index contributed by atoms with van der Waals surface area (Å²) in [5, 5.41) is 32.3. The molecule has 1 fully saturated rings. The van der Waals surface area contributed by atoms with Crippen LogP contribution in [-0.2, 0) is 33.6 Å². The maximum Gasteiger partial charge on any atom is 0.305 e. The van der Waals surface area contributed by atoms with Gasteiger partial charge >= 0.3 is 5.97 Å². The van der Waals surface area contributed by atoms with E-state index < -0.39 is 91.2 Å². The number of rotatable bonds is 7. The molecule has 1 heterocycles. The molecular weight excluding hydrogens is 522 g/mol. The minimum Gasteiger partial charge on any atom is -0.481 e. The van der Waals surface area contributed by atoms with Gasteiger partial charge in [-0.2, -0.15) is 0 Å². The normalized spacial score (nSPS) is 25.9. The Balaban J connectivity index is 3.22. The highest BCUT2D eigenvalue weighted by molar-refractivity contribution is 5.98. The number of nitrogens with zero attached hydrogens (tertiary/aromatic N) is 1. The lowest BCUT2D eigenvalue weighted by atomic mass is 10.1. The SMILES string of the molecule is C[C@@H]1NC(=O)[C@H](C)NC(=O)[C@H](CO)NC(=O)[C@H](CC(=O)O)NC(=O)CNC(=O)[C@H](CCCN=C(N)N)NC1=O. The topological polar surface area (TPSA) is 297 Å². The van der Waals surface area contributed by atoms with E-state index in [9.17, 15) is 38.7 Å². The number of nitrogens with two attached hydrogens (primary N) is 2. The quantitative estimate of drug-likeness (QED) is 0.0798. The Bertz CT molecular complexity index is 984. The van der Waals surface area contributed by atoms with E-state index >= 15 is 0 Å². The van der Waals surface area contributed by atoms with Gasteiger partial charge in [-0.25, -0.2) is 0 Å². The molecule has 0 spiro atoms. The summed E-state index contributed by atoms with van der Waals surface area (Å²) in [6.45, 7) is 1.13. The molecule has 18 nitrogen and oxygen atoms in total. The molecule has 0 aromatic heterocycles. The van der Waals surface area contributed by atoms with Crippen LogP contribution >= 0.6 is 0 Å². The average molecular weight is 558 g/mol. The molecule has 5 atom stereocenters. The lowest BCUT2D eigenvalue weighted by Gasteiger charge is -2.25. The van der Waals surface area contributed by atoms with Crippen LogP contribution in [0.3, 0.4) is 0 Å². The number of carbonyl (C=O) groups excluding carboxylic acids is 6. The molecule has 1 aliphatic heterocycles. The molecule has 0 radical (unpaired) electrons. The summed E-state index contributed by atoms with van der Waals surface area (Å²) in [5.41, 5.74) is 10.5. The molecular formula is C21H35N9O9. The standard InChI is InChI=1S/C21H35N9O9/c1-9-16(35)26-10(2)17(36)29-11(4-3-5-24-21(22)23)18(37)25-7-14(32)28-12(6-15(33)34)19(38)30-13(8-31)20(39)27-9/h9-13,31H,3-8H2,1-2H3,(H,25,37)(H,26,35)(H,27,39)(H,28,32)(H,29,36)(H,30,38)(H,33,34)(H4,22,23,24)/t9-,10-,11-,12-,13-/m0/s1. The molecule has 12 N–H and O–H groups in total. The predicted octanol–water partition coefficient (Wildman–Crippen LogP) is -5.90. The van der Waals surface area contributed by atoms with Crippen molar-refractivity contribution in [2.24, 2.45) is 16.5 Å². The van der Waals surface area contributed by atoms with E-state index in [4.69, 9.17) is 16.6 Å². The van der Waals surface area contributed by atoms with Crippen LogP contribution in [0.2, 0.25) is 0 Å². The van der Waals surface area contributed by atoms with Gasteiger partial charge in [0.2, 0.25) is 35.4 Å². The minimum atomic E-state index is -1.68. The van der Waals surface area contributed by atoms with E-state index in [0.29, 0.717) is 0 Å². The van der Waals surface area contributed by atoms with Gasteiger partial charge in [0, 0.05) is 6.54 Å². The van der Waals surface area contributed by atoms with Crippen molar-refractivity contribution >= 4 is 47.4 Å². The number of amides is 6. The van der Waals surface area contributed by atoms with E-state index in [1.54, 1.807) is 0 Å². The van der Waals surface area contributed by atoms with Crippen LogP contribution in [0.1, 0.15) is 33.1 Å². The fraction of sp³-hybridized carbons (Fsp3) is 0.619. The molecule has 0 aliphatic carbocycles. The summed E-state index contributed by atoms with van der Waals surface area (Å²) in [5.74, 6) is -7.01. The third-order valence-corrected chi connectivity index (χ3v) is 5.35. The summed E-state index contributed by atoms with van der Waals surface area (Å²) in [4.78, 5) is 90.5. The Kier molecular flexibility index (Phi) is 13.1. The number of guanidine groups is 1. The van der Waals surface area contributed by atoms with Gasteiger partial charge in [0.1, 0.15) is 30.2 Å². The second-order valence-corrected chi connectivity index (χ2v) is 8.65. The number of hydrogen-bond acceptors (Lipinski definition) is 9. The van der Waals surface area contributed by atoms with Gasteiger partial charge in [-0.3, -0.25) is 38.6 Å². The lowest BCUT2D eigenvalue weighted by molar-refractivity contribution is -0.141. The van der Waals surface area contributed by atoms with Crippen LogP contribution in [0, 0.1) is 0 Å². The summed E-state index contributed by atoms with van der Waals surface area (Å²) in [7, 11) is 0. The summed E-state index contributed by atoms with van der Waals surface area (Å²) >= 11 is 0. The van der Waals surface area contributed by atoms with Gasteiger partial charge in [-0.05, 0) is 26.7 Å². The minimum absolute atomic E-state index is 0.0374. The van der Waals surface area contributed by atoms with Crippen molar-refractivity contribution in [1.82, 2.24) is 31.9 Å². The Morgan fingerprint density at radius 1 is 0.821 bits per heavy atom. The largest absolute Gasteiger partial charge is 0.481 e. The molecule has 18 heteroatoms. The fourth-order valence-corrected chi connectivity index (χ4v) is 3.24. The van der Waals surface area contributed by atoms with Crippen molar-refractivity contribution in [1.29, 1.82) is 0 Å². The van der Waals surface area contributed by atoms with Gasteiger partial charge in [-0.15, -0.1) is 0 Å². The number of hydrogen-bond donors (Lipinski definition) is 10. The molecule has 0 bridgehead atoms. The van der Waals surface area contributed by atoms with Crippen LogP contribution in [0.25, 0.3) is 0 Å². The molecule has 39 heavy (non-hydrogen) atoms. The molecule has 1 saturated heterocycles. The number of aliphatic carboxylic acids is 1. The van der Waals surface area contributed by atoms with Gasteiger partial charge in [-0.1, -0.05) is 0 Å². The Hall–Kier alpha value is -4.48. The van der Waals surface area contributed by atoms with Gasteiger partial charge in [0.25, 0.3) is 0 Å². The second-order valence-electron chi connectivity index (χ2n) is 8.65. The molecule has 1 rings (SSSR count). The maximum atomic E-state index is 12.8. The second kappa shape index (κ2) is 15.7. The molecule has 0 aromatic carbocycles. The predicted molar refractivity (Wildman–Crippen MR) is 133 cm³/mol. The number of carboxylic acids is 1. The number of aliphatic imine (C=N–C) groups is 1. The molecule has 6 amide bonds. The smallest absolute Gasteiger partial charge is 0.305 e. The number of aliphatic hydroxyl groups is 1. The maximum absolute atomic E-state index is 12.8. The first-order chi connectivity index (χ1) is 18.2.